The van der Waals surface area contributed by atoms with Crippen LogP contribution in [0.1, 0.15) is 43.5 Å². The Hall–Kier alpha value is -1.67. The summed E-state index contributed by atoms with van der Waals surface area (Å²) in [5.41, 5.74) is 1.34. The van der Waals surface area contributed by atoms with Crippen LogP contribution in [0.4, 0.5) is 5.95 Å². The van der Waals surface area contributed by atoms with Crippen molar-refractivity contribution in [3.8, 4) is 6.07 Å². The second-order valence-electron chi connectivity index (χ2n) is 5.84. The van der Waals surface area contributed by atoms with Crippen molar-refractivity contribution in [2.24, 2.45) is 0 Å². The van der Waals surface area contributed by atoms with E-state index >= 15 is 0 Å². The highest BCUT2D eigenvalue weighted by atomic mass is 15.3. The third-order valence-electron chi connectivity index (χ3n) is 4.03. The number of nitrogens with zero attached hydrogens (tertiary/aromatic N) is 4. The molecule has 20 heavy (non-hydrogen) atoms. The molecule has 1 aliphatic heterocycles. The van der Waals surface area contributed by atoms with Crippen molar-refractivity contribution in [3.05, 3.63) is 17.5 Å². The standard InChI is InChI=1S/C15H21N5/c1-11-8-13(9-16)19-15(18-11)20(14-5-6-14)10-12-4-2-3-7-17-12/h8,12,14,17H,2-7,10H2,1H3. The van der Waals surface area contributed by atoms with Crippen LogP contribution in [0.25, 0.3) is 0 Å². The van der Waals surface area contributed by atoms with Crippen LogP contribution in [0, 0.1) is 18.3 Å². The summed E-state index contributed by atoms with van der Waals surface area (Å²) >= 11 is 0. The van der Waals surface area contributed by atoms with Gasteiger partial charge in [-0.25, -0.2) is 9.97 Å². The lowest BCUT2D eigenvalue weighted by Crippen LogP contribution is -2.45. The lowest BCUT2D eigenvalue weighted by Gasteiger charge is -2.31. The minimum absolute atomic E-state index is 0.467. The van der Waals surface area contributed by atoms with Crippen LogP contribution in [0.15, 0.2) is 6.07 Å². The lowest BCUT2D eigenvalue weighted by atomic mass is 10.0. The molecule has 1 N–H and O–H groups in total. The molecule has 1 aromatic rings. The molecule has 1 saturated carbocycles. The SMILES string of the molecule is Cc1cc(C#N)nc(N(CC2CCCCN2)C2CC2)n1. The Labute approximate surface area is 120 Å². The maximum absolute atomic E-state index is 9.07. The number of hydrogen-bond acceptors (Lipinski definition) is 5. The maximum Gasteiger partial charge on any atom is 0.227 e. The fraction of sp³-hybridized carbons (Fsp3) is 0.667. The molecule has 2 heterocycles. The summed E-state index contributed by atoms with van der Waals surface area (Å²) in [6, 6.07) is 4.97. The summed E-state index contributed by atoms with van der Waals surface area (Å²) in [5, 5.41) is 12.7. The van der Waals surface area contributed by atoms with Gasteiger partial charge in [0, 0.05) is 24.3 Å². The number of nitriles is 1. The predicted octanol–water partition coefficient (Wildman–Crippen LogP) is 1.77. The van der Waals surface area contributed by atoms with Gasteiger partial charge in [0.25, 0.3) is 0 Å². The molecule has 2 fully saturated rings. The van der Waals surface area contributed by atoms with Crippen LogP contribution < -0.4 is 10.2 Å². The fourth-order valence-corrected chi connectivity index (χ4v) is 2.84. The van der Waals surface area contributed by atoms with Gasteiger partial charge in [0.1, 0.15) is 11.8 Å². The highest BCUT2D eigenvalue weighted by Gasteiger charge is 2.33. The summed E-state index contributed by atoms with van der Waals surface area (Å²) in [7, 11) is 0. The summed E-state index contributed by atoms with van der Waals surface area (Å²) in [6.07, 6.45) is 6.23. The zero-order chi connectivity index (χ0) is 13.9. The second-order valence-corrected chi connectivity index (χ2v) is 5.84. The maximum atomic E-state index is 9.07. The molecule has 2 aliphatic rings. The van der Waals surface area contributed by atoms with Crippen LogP contribution in [-0.4, -0.2) is 35.1 Å². The summed E-state index contributed by atoms with van der Waals surface area (Å²) in [4.78, 5) is 11.3. The van der Waals surface area contributed by atoms with E-state index in [0.717, 1.165) is 24.7 Å². The van der Waals surface area contributed by atoms with Gasteiger partial charge in [0.15, 0.2) is 0 Å². The molecule has 0 spiro atoms. The first kappa shape index (κ1) is 13.3. The van der Waals surface area contributed by atoms with Crippen molar-refractivity contribution in [1.29, 1.82) is 5.26 Å². The number of aromatic nitrogens is 2. The smallest absolute Gasteiger partial charge is 0.227 e. The number of hydrogen-bond donors (Lipinski definition) is 1. The van der Waals surface area contributed by atoms with E-state index < -0.39 is 0 Å². The average Bonchev–Trinajstić information content (AvgIpc) is 3.29. The Morgan fingerprint density at radius 2 is 2.20 bits per heavy atom. The normalized spacial score (nSPS) is 22.3. The van der Waals surface area contributed by atoms with E-state index in [2.05, 4.69) is 26.3 Å². The van der Waals surface area contributed by atoms with Crippen LogP contribution in [0.5, 0.6) is 0 Å². The summed E-state index contributed by atoms with van der Waals surface area (Å²) < 4.78 is 0. The third-order valence-corrected chi connectivity index (χ3v) is 4.03. The van der Waals surface area contributed by atoms with E-state index in [4.69, 9.17) is 5.26 Å². The summed E-state index contributed by atoms with van der Waals surface area (Å²) in [6.45, 7) is 4.00. The quantitative estimate of drug-likeness (QED) is 0.904. The topological polar surface area (TPSA) is 64.8 Å². The molecule has 1 unspecified atom stereocenters. The van der Waals surface area contributed by atoms with Gasteiger partial charge in [0.05, 0.1) is 0 Å². The molecule has 5 heteroatoms. The van der Waals surface area contributed by atoms with Crippen molar-refractivity contribution in [1.82, 2.24) is 15.3 Å². The van der Waals surface area contributed by atoms with Crippen molar-refractivity contribution in [3.63, 3.8) is 0 Å². The van der Waals surface area contributed by atoms with E-state index in [1.165, 1.54) is 32.1 Å². The number of nitrogens with one attached hydrogen (secondary N) is 1. The van der Waals surface area contributed by atoms with E-state index in [1.54, 1.807) is 6.07 Å². The molecule has 0 aromatic carbocycles. The van der Waals surface area contributed by atoms with Gasteiger partial charge in [-0.3, -0.25) is 0 Å². The van der Waals surface area contributed by atoms with Gasteiger partial charge in [0.2, 0.25) is 5.95 Å². The zero-order valence-electron chi connectivity index (χ0n) is 12.0. The van der Waals surface area contributed by atoms with Gasteiger partial charge in [-0.1, -0.05) is 6.42 Å². The van der Waals surface area contributed by atoms with Crippen LogP contribution >= 0.6 is 0 Å². The molecule has 3 rings (SSSR count). The van der Waals surface area contributed by atoms with Crippen molar-refractivity contribution in [2.75, 3.05) is 18.0 Å². The molecule has 1 aliphatic carbocycles. The van der Waals surface area contributed by atoms with E-state index in [1.807, 2.05) is 6.92 Å². The van der Waals surface area contributed by atoms with Crippen LogP contribution in [0.3, 0.4) is 0 Å². The molecule has 1 aromatic heterocycles. The van der Waals surface area contributed by atoms with Crippen molar-refractivity contribution >= 4 is 5.95 Å². The van der Waals surface area contributed by atoms with Gasteiger partial charge in [-0.2, -0.15) is 5.26 Å². The monoisotopic (exact) mass is 271 g/mol. The largest absolute Gasteiger partial charge is 0.336 e. The molecule has 0 bridgehead atoms. The first-order valence-electron chi connectivity index (χ1n) is 7.52. The van der Waals surface area contributed by atoms with Crippen LogP contribution in [0.2, 0.25) is 0 Å². The fourth-order valence-electron chi connectivity index (χ4n) is 2.84. The molecule has 5 nitrogen and oxygen atoms in total. The molecular formula is C15H21N5. The molecule has 106 valence electrons. The van der Waals surface area contributed by atoms with Gasteiger partial charge in [-0.05, 0) is 45.2 Å². The lowest BCUT2D eigenvalue weighted by molar-refractivity contribution is 0.397. The Morgan fingerprint density at radius 3 is 2.85 bits per heavy atom. The van der Waals surface area contributed by atoms with E-state index in [9.17, 15) is 0 Å². The first-order valence-corrected chi connectivity index (χ1v) is 7.52. The molecule has 1 saturated heterocycles. The van der Waals surface area contributed by atoms with Gasteiger partial charge >= 0.3 is 0 Å². The minimum atomic E-state index is 0.467. The Balaban J connectivity index is 1.79. The number of anilines is 1. The molecule has 0 radical (unpaired) electrons. The number of piperidine rings is 1. The molecule has 1 atom stereocenters. The van der Waals surface area contributed by atoms with Gasteiger partial charge in [-0.15, -0.1) is 0 Å². The Morgan fingerprint density at radius 1 is 1.35 bits per heavy atom. The van der Waals surface area contributed by atoms with Crippen molar-refractivity contribution < 1.29 is 0 Å². The molecule has 0 amide bonds. The highest BCUT2D eigenvalue weighted by Crippen LogP contribution is 2.30. The third kappa shape index (κ3) is 3.07. The van der Waals surface area contributed by atoms with E-state index in [-0.39, 0.29) is 0 Å². The van der Waals surface area contributed by atoms with E-state index in [0.29, 0.717) is 17.8 Å². The first-order chi connectivity index (χ1) is 9.76. The predicted molar refractivity (Wildman–Crippen MR) is 77.5 cm³/mol. The number of aryl methyl sites for hydroxylation is 1. The minimum Gasteiger partial charge on any atom is -0.336 e. The Bertz CT molecular complexity index is 511. The number of rotatable bonds is 4. The van der Waals surface area contributed by atoms with Crippen molar-refractivity contribution in [2.45, 2.75) is 51.1 Å². The Kier molecular flexibility index (Phi) is 3.83. The highest BCUT2D eigenvalue weighted by molar-refractivity contribution is 5.39. The van der Waals surface area contributed by atoms with Gasteiger partial charge < -0.3 is 10.2 Å². The average molecular weight is 271 g/mol. The van der Waals surface area contributed by atoms with Crippen LogP contribution in [-0.2, 0) is 0 Å². The molecular weight excluding hydrogens is 250 g/mol. The zero-order valence-corrected chi connectivity index (χ0v) is 12.0. The second kappa shape index (κ2) is 5.76. The summed E-state index contributed by atoms with van der Waals surface area (Å²) in [5.74, 6) is 0.733.